The first-order chi connectivity index (χ1) is 7.02. The topological polar surface area (TPSA) is 81.4 Å². The number of amides is 2. The van der Waals surface area contributed by atoms with Crippen molar-refractivity contribution in [1.82, 2.24) is 5.48 Å². The smallest absolute Gasteiger partial charge is 0.244 e. The predicted molar refractivity (Wildman–Crippen MR) is 60.1 cm³/mol. The highest BCUT2D eigenvalue weighted by Gasteiger charge is 2.02. The van der Waals surface area contributed by atoms with E-state index in [0.29, 0.717) is 24.7 Å². The van der Waals surface area contributed by atoms with Gasteiger partial charge in [0.25, 0.3) is 0 Å². The molecular weight excluding hydrogens is 216 g/mol. The standard InChI is InChI=1S/C9H18N2O3S/c1-7(2)5-14-11-9(13)3-4-15-6-8(10)12/h7H,3-6H2,1-2H3,(H2,10,12)(H,11,13). The van der Waals surface area contributed by atoms with Crippen molar-refractivity contribution in [2.24, 2.45) is 11.7 Å². The molecule has 2 amide bonds. The van der Waals surface area contributed by atoms with E-state index in [9.17, 15) is 9.59 Å². The molecule has 0 aromatic rings. The number of rotatable bonds is 8. The van der Waals surface area contributed by atoms with Crippen LogP contribution in [0.2, 0.25) is 0 Å². The molecule has 0 atom stereocenters. The highest BCUT2D eigenvalue weighted by Crippen LogP contribution is 2.01. The number of nitrogens with one attached hydrogen (secondary N) is 1. The number of carbonyl (C=O) groups is 2. The Kier molecular flexibility index (Phi) is 8.12. The largest absolute Gasteiger partial charge is 0.369 e. The van der Waals surface area contributed by atoms with Gasteiger partial charge in [-0.3, -0.25) is 14.4 Å². The lowest BCUT2D eigenvalue weighted by Gasteiger charge is -2.07. The van der Waals surface area contributed by atoms with E-state index in [4.69, 9.17) is 10.6 Å². The van der Waals surface area contributed by atoms with E-state index in [1.54, 1.807) is 0 Å². The van der Waals surface area contributed by atoms with E-state index < -0.39 is 0 Å². The number of carbonyl (C=O) groups excluding carboxylic acids is 2. The van der Waals surface area contributed by atoms with Crippen molar-refractivity contribution < 1.29 is 14.4 Å². The summed E-state index contributed by atoms with van der Waals surface area (Å²) in [6.07, 6.45) is 0.329. The van der Waals surface area contributed by atoms with Crippen molar-refractivity contribution in [3.63, 3.8) is 0 Å². The molecular formula is C9H18N2O3S. The Morgan fingerprint density at radius 1 is 1.47 bits per heavy atom. The van der Waals surface area contributed by atoms with Crippen LogP contribution in [0.1, 0.15) is 20.3 Å². The Labute approximate surface area is 94.1 Å². The Bertz CT molecular complexity index is 210. The van der Waals surface area contributed by atoms with Gasteiger partial charge in [-0.1, -0.05) is 13.8 Å². The normalized spacial score (nSPS) is 10.3. The number of nitrogens with two attached hydrogens (primary N) is 1. The van der Waals surface area contributed by atoms with Gasteiger partial charge in [0, 0.05) is 12.2 Å². The summed E-state index contributed by atoms with van der Waals surface area (Å²) in [6.45, 7) is 4.49. The van der Waals surface area contributed by atoms with Gasteiger partial charge in [-0.2, -0.15) is 11.8 Å². The van der Waals surface area contributed by atoms with Gasteiger partial charge in [0.15, 0.2) is 0 Å². The minimum absolute atomic E-state index is 0.173. The maximum absolute atomic E-state index is 11.1. The van der Waals surface area contributed by atoms with Crippen molar-refractivity contribution in [3.05, 3.63) is 0 Å². The summed E-state index contributed by atoms with van der Waals surface area (Å²) in [4.78, 5) is 26.4. The molecule has 5 nitrogen and oxygen atoms in total. The molecule has 88 valence electrons. The van der Waals surface area contributed by atoms with E-state index in [0.717, 1.165) is 0 Å². The summed E-state index contributed by atoms with van der Waals surface area (Å²) < 4.78 is 0. The van der Waals surface area contributed by atoms with Crippen LogP contribution in [0.5, 0.6) is 0 Å². The van der Waals surface area contributed by atoms with Crippen LogP contribution in [0, 0.1) is 5.92 Å². The molecule has 0 aliphatic rings. The molecule has 0 rings (SSSR count). The molecule has 0 unspecified atom stereocenters. The minimum Gasteiger partial charge on any atom is -0.369 e. The lowest BCUT2D eigenvalue weighted by molar-refractivity contribution is -0.133. The summed E-state index contributed by atoms with van der Waals surface area (Å²) in [5.41, 5.74) is 7.27. The molecule has 0 radical (unpaired) electrons. The Balaban J connectivity index is 3.30. The van der Waals surface area contributed by atoms with Crippen LogP contribution >= 0.6 is 11.8 Å². The summed E-state index contributed by atoms with van der Waals surface area (Å²) >= 11 is 1.34. The van der Waals surface area contributed by atoms with Crippen molar-refractivity contribution in [1.29, 1.82) is 0 Å². The zero-order valence-electron chi connectivity index (χ0n) is 9.12. The van der Waals surface area contributed by atoms with Gasteiger partial charge in [-0.15, -0.1) is 0 Å². The SMILES string of the molecule is CC(C)CONC(=O)CCSCC(N)=O. The van der Waals surface area contributed by atoms with Crippen LogP contribution in [0.4, 0.5) is 0 Å². The minimum atomic E-state index is -0.364. The Hall–Kier alpha value is -0.750. The second-order valence-electron chi connectivity index (χ2n) is 3.50. The number of hydrogen-bond acceptors (Lipinski definition) is 4. The number of hydroxylamine groups is 1. The molecule has 15 heavy (non-hydrogen) atoms. The van der Waals surface area contributed by atoms with Crippen LogP contribution < -0.4 is 11.2 Å². The molecule has 3 N–H and O–H groups in total. The second kappa shape index (κ2) is 8.55. The van der Waals surface area contributed by atoms with Crippen LogP contribution in [0.25, 0.3) is 0 Å². The predicted octanol–water partition coefficient (Wildman–Crippen LogP) is 0.299. The lowest BCUT2D eigenvalue weighted by atomic mass is 10.2. The van der Waals surface area contributed by atoms with E-state index in [1.807, 2.05) is 13.8 Å². The molecule has 0 aliphatic carbocycles. The van der Waals surface area contributed by atoms with Crippen LogP contribution in [0.3, 0.4) is 0 Å². The summed E-state index contributed by atoms with van der Waals surface area (Å²) in [5, 5.41) is 0. The van der Waals surface area contributed by atoms with E-state index >= 15 is 0 Å². The van der Waals surface area contributed by atoms with E-state index in [2.05, 4.69) is 5.48 Å². The zero-order valence-corrected chi connectivity index (χ0v) is 9.93. The summed E-state index contributed by atoms with van der Waals surface area (Å²) in [5.74, 6) is 0.665. The highest BCUT2D eigenvalue weighted by atomic mass is 32.2. The average Bonchev–Trinajstić information content (AvgIpc) is 2.11. The first-order valence-corrected chi connectivity index (χ1v) is 5.94. The van der Waals surface area contributed by atoms with Crippen molar-refractivity contribution in [2.45, 2.75) is 20.3 Å². The maximum atomic E-state index is 11.1. The molecule has 0 fully saturated rings. The number of thioether (sulfide) groups is 1. The second-order valence-corrected chi connectivity index (χ2v) is 4.60. The van der Waals surface area contributed by atoms with Crippen LogP contribution in [0.15, 0.2) is 0 Å². The first-order valence-electron chi connectivity index (χ1n) is 4.79. The fraction of sp³-hybridized carbons (Fsp3) is 0.778. The molecule has 6 heteroatoms. The van der Waals surface area contributed by atoms with Gasteiger partial charge < -0.3 is 5.73 Å². The molecule has 0 saturated carbocycles. The van der Waals surface area contributed by atoms with Crippen molar-refractivity contribution >= 4 is 23.6 Å². The van der Waals surface area contributed by atoms with Crippen LogP contribution in [-0.2, 0) is 14.4 Å². The lowest BCUT2D eigenvalue weighted by Crippen LogP contribution is -2.26. The fourth-order valence-electron chi connectivity index (χ4n) is 0.677. The molecule has 0 spiro atoms. The Morgan fingerprint density at radius 2 is 2.13 bits per heavy atom. The molecule has 0 saturated heterocycles. The third-order valence-electron chi connectivity index (χ3n) is 1.32. The third kappa shape index (κ3) is 11.2. The van der Waals surface area contributed by atoms with Gasteiger partial charge in [0.05, 0.1) is 12.4 Å². The fourth-order valence-corrected chi connectivity index (χ4v) is 1.35. The third-order valence-corrected chi connectivity index (χ3v) is 2.30. The van der Waals surface area contributed by atoms with Gasteiger partial charge >= 0.3 is 0 Å². The molecule has 0 aromatic carbocycles. The molecule has 0 heterocycles. The summed E-state index contributed by atoms with van der Waals surface area (Å²) in [7, 11) is 0. The molecule has 0 aromatic heterocycles. The monoisotopic (exact) mass is 234 g/mol. The Morgan fingerprint density at radius 3 is 2.67 bits per heavy atom. The quantitative estimate of drug-likeness (QED) is 0.467. The van der Waals surface area contributed by atoms with Crippen molar-refractivity contribution in [2.75, 3.05) is 18.1 Å². The van der Waals surface area contributed by atoms with Crippen LogP contribution in [-0.4, -0.2) is 29.9 Å². The van der Waals surface area contributed by atoms with E-state index in [1.165, 1.54) is 11.8 Å². The molecule has 0 aliphatic heterocycles. The highest BCUT2D eigenvalue weighted by molar-refractivity contribution is 7.99. The average molecular weight is 234 g/mol. The first kappa shape index (κ1) is 14.2. The zero-order chi connectivity index (χ0) is 11.7. The summed E-state index contributed by atoms with van der Waals surface area (Å²) in [6, 6.07) is 0. The number of hydrogen-bond donors (Lipinski definition) is 2. The van der Waals surface area contributed by atoms with Crippen molar-refractivity contribution in [3.8, 4) is 0 Å². The van der Waals surface area contributed by atoms with Gasteiger partial charge in [0.1, 0.15) is 0 Å². The molecule has 0 bridgehead atoms. The van der Waals surface area contributed by atoms with Gasteiger partial charge in [0.2, 0.25) is 11.8 Å². The number of primary amides is 1. The maximum Gasteiger partial charge on any atom is 0.244 e. The van der Waals surface area contributed by atoms with E-state index in [-0.39, 0.29) is 17.6 Å². The van der Waals surface area contributed by atoms with Gasteiger partial charge in [-0.05, 0) is 5.92 Å². The van der Waals surface area contributed by atoms with Gasteiger partial charge in [-0.25, -0.2) is 5.48 Å².